The van der Waals surface area contributed by atoms with Crippen LogP contribution in [0, 0.1) is 18.3 Å². The summed E-state index contributed by atoms with van der Waals surface area (Å²) in [6.07, 6.45) is 0.739. The Balaban J connectivity index is 2.35. The van der Waals surface area contributed by atoms with Crippen LogP contribution >= 0.6 is 0 Å². The fraction of sp³-hybridized carbons (Fsp3) is 0.176. The molecule has 1 N–H and O–H groups in total. The maximum absolute atomic E-state index is 14.1. The predicted octanol–water partition coefficient (Wildman–Crippen LogP) is 3.64. The van der Waals surface area contributed by atoms with Crippen LogP contribution in [0.4, 0.5) is 18.0 Å². The summed E-state index contributed by atoms with van der Waals surface area (Å²) in [5.74, 6) is 0. The Morgan fingerprint density at radius 3 is 2.46 bits per heavy atom. The maximum Gasteiger partial charge on any atom is 0.420 e. The molecule has 0 unspecified atom stereocenters. The van der Waals surface area contributed by atoms with Crippen LogP contribution in [0.25, 0.3) is 0 Å². The van der Waals surface area contributed by atoms with E-state index in [2.05, 4.69) is 0 Å². The van der Waals surface area contributed by atoms with Gasteiger partial charge in [0.25, 0.3) is 0 Å². The molecule has 2 aliphatic rings. The summed E-state index contributed by atoms with van der Waals surface area (Å²) in [4.78, 5) is 13.3. The minimum absolute atomic E-state index is 0.0818. The van der Waals surface area contributed by atoms with E-state index in [1.54, 1.807) is 13.0 Å². The van der Waals surface area contributed by atoms with Crippen LogP contribution in [-0.2, 0) is 5.54 Å². The van der Waals surface area contributed by atoms with Crippen LogP contribution in [-0.4, -0.2) is 17.1 Å². The minimum Gasteiger partial charge on any atom is -0.315 e. The number of hydrogen-bond acceptors (Lipinski definition) is 2. The lowest BCUT2D eigenvalue weighted by Gasteiger charge is -2.43. The second kappa shape index (κ2) is 5.27. The molecule has 0 aliphatic carbocycles. The van der Waals surface area contributed by atoms with E-state index in [4.69, 9.17) is 0 Å². The normalized spacial score (nSPS) is 23.0. The zero-order valence-electron chi connectivity index (χ0n) is 12.6. The first-order chi connectivity index (χ1) is 11.3. The SMILES string of the molecule is Cc1ccc([C@]2(C(F)(F)F)NC(=O)N3C=CC=CC3=C2C#N)cc1. The fourth-order valence-electron chi connectivity index (χ4n) is 2.84. The van der Waals surface area contributed by atoms with Gasteiger partial charge in [0.1, 0.15) is 6.07 Å². The number of carbonyl (C=O) groups excluding carboxylic acids is 1. The number of nitriles is 1. The van der Waals surface area contributed by atoms with Crippen LogP contribution in [0.3, 0.4) is 0 Å². The molecule has 0 bridgehead atoms. The molecule has 3 rings (SSSR count). The van der Waals surface area contributed by atoms with Crippen molar-refractivity contribution in [3.05, 3.63) is 71.1 Å². The van der Waals surface area contributed by atoms with Gasteiger partial charge in [0, 0.05) is 6.20 Å². The van der Waals surface area contributed by atoms with E-state index in [9.17, 15) is 23.2 Å². The van der Waals surface area contributed by atoms with E-state index in [-0.39, 0.29) is 11.3 Å². The Labute approximate surface area is 136 Å². The topological polar surface area (TPSA) is 56.1 Å². The molecule has 4 nitrogen and oxygen atoms in total. The van der Waals surface area contributed by atoms with E-state index in [1.165, 1.54) is 48.7 Å². The molecule has 1 atom stereocenters. The first-order valence-corrected chi connectivity index (χ1v) is 7.06. The van der Waals surface area contributed by atoms with Crippen molar-refractivity contribution in [3.8, 4) is 6.07 Å². The molecule has 24 heavy (non-hydrogen) atoms. The number of nitrogens with zero attached hydrogens (tertiary/aromatic N) is 2. The third-order valence-electron chi connectivity index (χ3n) is 4.03. The highest BCUT2D eigenvalue weighted by molar-refractivity contribution is 5.84. The molecule has 1 aromatic carbocycles. The number of rotatable bonds is 1. The molecular weight excluding hydrogens is 319 g/mol. The smallest absolute Gasteiger partial charge is 0.315 e. The Morgan fingerprint density at radius 2 is 1.88 bits per heavy atom. The van der Waals surface area contributed by atoms with Gasteiger partial charge in [-0.3, -0.25) is 4.90 Å². The number of halogens is 3. The molecule has 0 saturated heterocycles. The van der Waals surface area contributed by atoms with Gasteiger partial charge in [-0.15, -0.1) is 0 Å². The average Bonchev–Trinajstić information content (AvgIpc) is 2.54. The van der Waals surface area contributed by atoms with Gasteiger partial charge in [-0.25, -0.2) is 4.79 Å². The standard InChI is InChI=1S/C17H12F3N3O/c1-11-5-7-12(8-6-11)16(17(18,19)20)13(10-21)14-4-2-3-9-23(14)15(24)22-16/h2-9H,1H3,(H,22,24)/t16-/m0/s1. The number of aryl methyl sites for hydroxylation is 1. The summed E-state index contributed by atoms with van der Waals surface area (Å²) < 4.78 is 42.3. The van der Waals surface area contributed by atoms with Gasteiger partial charge >= 0.3 is 12.2 Å². The molecule has 2 amide bonds. The fourth-order valence-corrected chi connectivity index (χ4v) is 2.84. The number of benzene rings is 1. The van der Waals surface area contributed by atoms with E-state index in [0.29, 0.717) is 0 Å². The molecule has 122 valence electrons. The van der Waals surface area contributed by atoms with Crippen molar-refractivity contribution < 1.29 is 18.0 Å². The Kier molecular flexibility index (Phi) is 3.48. The zero-order valence-corrected chi connectivity index (χ0v) is 12.6. The van der Waals surface area contributed by atoms with E-state index in [1.807, 2.05) is 5.32 Å². The number of allylic oxidation sites excluding steroid dienone is 3. The van der Waals surface area contributed by atoms with Gasteiger partial charge in [0.15, 0.2) is 0 Å². The minimum atomic E-state index is -4.89. The van der Waals surface area contributed by atoms with Crippen LogP contribution in [0.2, 0.25) is 0 Å². The molecule has 0 radical (unpaired) electrons. The summed E-state index contributed by atoms with van der Waals surface area (Å²) in [6.45, 7) is 1.74. The Morgan fingerprint density at radius 1 is 1.21 bits per heavy atom. The van der Waals surface area contributed by atoms with Crippen molar-refractivity contribution >= 4 is 6.03 Å². The molecular formula is C17H12F3N3O. The molecule has 0 saturated carbocycles. The van der Waals surface area contributed by atoms with Crippen molar-refractivity contribution in [1.82, 2.24) is 10.2 Å². The number of urea groups is 1. The van der Waals surface area contributed by atoms with Crippen molar-refractivity contribution in [2.45, 2.75) is 18.6 Å². The van der Waals surface area contributed by atoms with Crippen LogP contribution in [0.1, 0.15) is 11.1 Å². The number of amides is 2. The number of alkyl halides is 3. The highest BCUT2D eigenvalue weighted by Gasteiger charge is 2.63. The molecule has 2 heterocycles. The highest BCUT2D eigenvalue weighted by atomic mass is 19.4. The molecule has 0 spiro atoms. The van der Waals surface area contributed by atoms with Gasteiger partial charge in [0.2, 0.25) is 5.54 Å². The lowest BCUT2D eigenvalue weighted by atomic mass is 9.79. The van der Waals surface area contributed by atoms with Gasteiger partial charge < -0.3 is 5.32 Å². The molecule has 7 heteroatoms. The summed E-state index contributed by atoms with van der Waals surface area (Å²) in [6, 6.07) is 6.29. The summed E-state index contributed by atoms with van der Waals surface area (Å²) in [5, 5.41) is 11.5. The third-order valence-corrected chi connectivity index (χ3v) is 4.03. The van der Waals surface area contributed by atoms with Crippen LogP contribution in [0.15, 0.2) is 60.0 Å². The van der Waals surface area contributed by atoms with Gasteiger partial charge in [-0.05, 0) is 24.6 Å². The second-order valence-electron chi connectivity index (χ2n) is 5.49. The van der Waals surface area contributed by atoms with E-state index in [0.717, 1.165) is 10.5 Å². The average molecular weight is 331 g/mol. The van der Waals surface area contributed by atoms with Gasteiger partial charge in [-0.2, -0.15) is 18.4 Å². The number of fused-ring (bicyclic) bond motifs is 1. The first kappa shape index (κ1) is 15.9. The monoisotopic (exact) mass is 331 g/mol. The Bertz CT molecular complexity index is 828. The quantitative estimate of drug-likeness (QED) is 0.854. The third kappa shape index (κ3) is 2.11. The summed E-state index contributed by atoms with van der Waals surface area (Å²) in [5.41, 5.74) is -2.97. The number of hydrogen-bond donors (Lipinski definition) is 1. The maximum atomic E-state index is 14.1. The summed E-state index contributed by atoms with van der Waals surface area (Å²) >= 11 is 0. The molecule has 0 fully saturated rings. The second-order valence-corrected chi connectivity index (χ2v) is 5.49. The predicted molar refractivity (Wildman–Crippen MR) is 80.2 cm³/mol. The van der Waals surface area contributed by atoms with Crippen molar-refractivity contribution in [3.63, 3.8) is 0 Å². The van der Waals surface area contributed by atoms with Gasteiger partial charge in [0.05, 0.1) is 11.3 Å². The van der Waals surface area contributed by atoms with Crippen LogP contribution in [0.5, 0.6) is 0 Å². The van der Waals surface area contributed by atoms with Gasteiger partial charge in [-0.1, -0.05) is 35.9 Å². The zero-order chi connectivity index (χ0) is 17.5. The van der Waals surface area contributed by atoms with Crippen LogP contribution < -0.4 is 5.32 Å². The molecule has 1 aromatic rings. The molecule has 2 aliphatic heterocycles. The number of nitrogens with one attached hydrogen (secondary N) is 1. The first-order valence-electron chi connectivity index (χ1n) is 7.06. The van der Waals surface area contributed by atoms with E-state index < -0.39 is 23.3 Å². The molecule has 0 aromatic heterocycles. The summed E-state index contributed by atoms with van der Waals surface area (Å²) in [7, 11) is 0. The van der Waals surface area contributed by atoms with Crippen molar-refractivity contribution in [1.29, 1.82) is 5.26 Å². The van der Waals surface area contributed by atoms with E-state index >= 15 is 0 Å². The highest BCUT2D eigenvalue weighted by Crippen LogP contribution is 2.48. The van der Waals surface area contributed by atoms with Crippen molar-refractivity contribution in [2.75, 3.05) is 0 Å². The lowest BCUT2D eigenvalue weighted by Crippen LogP contribution is -2.62. The van der Waals surface area contributed by atoms with Crippen molar-refractivity contribution in [2.24, 2.45) is 0 Å². The largest absolute Gasteiger partial charge is 0.420 e. The number of carbonyl (C=O) groups is 1. The Hall–Kier alpha value is -3.01. The lowest BCUT2D eigenvalue weighted by molar-refractivity contribution is -0.186.